The molecule has 1 amide bonds. The van der Waals surface area contributed by atoms with Crippen molar-refractivity contribution in [2.75, 3.05) is 39.3 Å². The molecule has 42 heavy (non-hydrogen) atoms. The van der Waals surface area contributed by atoms with E-state index in [9.17, 15) is 59.1 Å². The van der Waals surface area contributed by atoms with Crippen LogP contribution in [0, 0.1) is 11.3 Å². The molecular formula is C27H40N3O12-5. The molecule has 15 heteroatoms. The number of nitrogens with zero attached hydrogens (tertiary/aromatic N) is 2. The Morgan fingerprint density at radius 3 is 1.69 bits per heavy atom. The van der Waals surface area contributed by atoms with Gasteiger partial charge in [0.25, 0.3) is 0 Å². The minimum absolute atomic E-state index is 0.00662. The van der Waals surface area contributed by atoms with Crippen LogP contribution >= 0.6 is 0 Å². The number of hydrogen-bond acceptors (Lipinski definition) is 14. The number of amides is 1. The number of carboxylic acid groups (broad SMARTS) is 5. The van der Waals surface area contributed by atoms with Crippen LogP contribution in [0.3, 0.4) is 0 Å². The van der Waals surface area contributed by atoms with Crippen LogP contribution in [0.15, 0.2) is 0 Å². The molecule has 240 valence electrons. The highest BCUT2D eigenvalue weighted by atomic mass is 16.4. The Kier molecular flexibility index (Phi) is 17.8. The number of hydrogen-bond donors (Lipinski definition) is 1. The van der Waals surface area contributed by atoms with E-state index in [0.717, 1.165) is 4.90 Å². The number of carboxylic acids is 5. The number of carbonyl (C=O) groups excluding carboxylic acids is 7. The highest BCUT2D eigenvalue weighted by Crippen LogP contribution is 2.18. The van der Waals surface area contributed by atoms with Gasteiger partial charge in [-0.1, -0.05) is 20.8 Å². The lowest BCUT2D eigenvalue weighted by Crippen LogP contribution is -2.52. The summed E-state index contributed by atoms with van der Waals surface area (Å²) in [6.45, 7) is 3.30. The lowest BCUT2D eigenvalue weighted by Gasteiger charge is -2.35. The number of aliphatic carboxylic acids is 5. The molecular weight excluding hydrogens is 558 g/mol. The van der Waals surface area contributed by atoms with Crippen molar-refractivity contribution >= 4 is 41.5 Å². The summed E-state index contributed by atoms with van der Waals surface area (Å²) in [6.07, 6.45) is -0.626. The Labute approximate surface area is 244 Å². The quantitative estimate of drug-likeness (QED) is 0.102. The zero-order chi connectivity index (χ0) is 32.5. The molecule has 0 spiro atoms. The van der Waals surface area contributed by atoms with Gasteiger partial charge in [-0.05, 0) is 51.0 Å². The number of nitrogens with one attached hydrogen (secondary N) is 1. The largest absolute Gasteiger partial charge is 0.550 e. The van der Waals surface area contributed by atoms with Gasteiger partial charge in [0.2, 0.25) is 5.91 Å². The van der Waals surface area contributed by atoms with Crippen LogP contribution in [0.2, 0.25) is 0 Å². The van der Waals surface area contributed by atoms with Gasteiger partial charge in [-0.25, -0.2) is 0 Å². The van der Waals surface area contributed by atoms with E-state index in [-0.39, 0.29) is 70.0 Å². The molecule has 0 saturated carbocycles. The molecule has 1 unspecified atom stereocenters. The smallest absolute Gasteiger partial charge is 0.220 e. The Balaban J connectivity index is 5.37. The van der Waals surface area contributed by atoms with Gasteiger partial charge in [-0.2, -0.15) is 0 Å². The third-order valence-electron chi connectivity index (χ3n) is 6.50. The molecule has 0 aromatic carbocycles. The van der Waals surface area contributed by atoms with Gasteiger partial charge in [0.15, 0.2) is 0 Å². The lowest BCUT2D eigenvalue weighted by atomic mass is 9.88. The molecule has 0 saturated heterocycles. The highest BCUT2D eigenvalue weighted by molar-refractivity contribution is 5.88. The summed E-state index contributed by atoms with van der Waals surface area (Å²) in [5.41, 5.74) is -0.562. The number of unbranched alkanes of at least 4 members (excludes halogenated alkanes) is 1. The number of carbonyl (C=O) groups is 7. The van der Waals surface area contributed by atoms with Gasteiger partial charge in [-0.3, -0.25) is 19.4 Å². The fraction of sp³-hybridized carbons (Fsp3) is 0.741. The standard InChI is InChI=1S/C27H45N3O12/c1-27(2,3)20(31)7-8-21(32)28-10-5-4-6-19(26(41)42)30(11-9-18(14-22(33)34)15-23(35)36)13-12-29(16-24(37)38)17-25(39)40/h18-19H,4-17H2,1-3H3,(H,28,32)(H,33,34)(H,35,36)(H,37,38)(H,39,40)(H,41,42)/p-5. The Morgan fingerprint density at radius 1 is 0.690 bits per heavy atom. The van der Waals surface area contributed by atoms with E-state index in [1.54, 1.807) is 20.8 Å². The van der Waals surface area contributed by atoms with E-state index >= 15 is 0 Å². The van der Waals surface area contributed by atoms with E-state index in [1.807, 2.05) is 0 Å². The molecule has 0 rings (SSSR count). The summed E-state index contributed by atoms with van der Waals surface area (Å²) < 4.78 is 0. The first kappa shape index (κ1) is 38.4. The van der Waals surface area contributed by atoms with Crippen LogP contribution < -0.4 is 30.8 Å². The molecule has 1 N–H and O–H groups in total. The molecule has 0 bridgehead atoms. The Morgan fingerprint density at radius 2 is 1.24 bits per heavy atom. The Hall–Kier alpha value is -3.59. The molecule has 0 aliphatic heterocycles. The average Bonchev–Trinajstić information content (AvgIpc) is 2.82. The van der Waals surface area contributed by atoms with Gasteiger partial charge in [-0.15, -0.1) is 0 Å². The first-order valence-electron chi connectivity index (χ1n) is 13.7. The molecule has 0 aromatic heterocycles. The van der Waals surface area contributed by atoms with Gasteiger partial charge in [0.05, 0.1) is 17.9 Å². The monoisotopic (exact) mass is 598 g/mol. The van der Waals surface area contributed by atoms with E-state index in [0.29, 0.717) is 6.42 Å². The lowest BCUT2D eigenvalue weighted by molar-refractivity contribution is -0.314. The summed E-state index contributed by atoms with van der Waals surface area (Å²) in [6, 6.07) is -1.29. The zero-order valence-corrected chi connectivity index (χ0v) is 24.3. The van der Waals surface area contributed by atoms with Crippen LogP contribution in [0.1, 0.15) is 72.1 Å². The minimum Gasteiger partial charge on any atom is -0.550 e. The maximum atomic E-state index is 12.1. The van der Waals surface area contributed by atoms with Crippen molar-refractivity contribution in [2.24, 2.45) is 11.3 Å². The minimum atomic E-state index is -1.58. The predicted molar refractivity (Wildman–Crippen MR) is 135 cm³/mol. The first-order valence-corrected chi connectivity index (χ1v) is 13.7. The third-order valence-corrected chi connectivity index (χ3v) is 6.50. The third kappa shape index (κ3) is 18.7. The van der Waals surface area contributed by atoms with Crippen LogP contribution in [0.5, 0.6) is 0 Å². The van der Waals surface area contributed by atoms with E-state index in [4.69, 9.17) is 0 Å². The second kappa shape index (κ2) is 19.5. The van der Waals surface area contributed by atoms with Crippen LogP contribution in [0.4, 0.5) is 0 Å². The van der Waals surface area contributed by atoms with Crippen LogP contribution in [0.25, 0.3) is 0 Å². The van der Waals surface area contributed by atoms with Crippen molar-refractivity contribution < 1.29 is 59.1 Å². The molecule has 0 fully saturated rings. The predicted octanol–water partition coefficient (Wildman–Crippen LogP) is -5.82. The summed E-state index contributed by atoms with van der Waals surface area (Å²) in [4.78, 5) is 82.5. The normalized spacial score (nSPS) is 12.3. The Bertz CT molecular complexity index is 875. The second-order valence-corrected chi connectivity index (χ2v) is 11.2. The molecule has 15 nitrogen and oxygen atoms in total. The maximum Gasteiger partial charge on any atom is 0.220 e. The van der Waals surface area contributed by atoms with E-state index in [2.05, 4.69) is 5.32 Å². The molecule has 0 radical (unpaired) electrons. The topological polar surface area (TPSA) is 253 Å². The summed E-state index contributed by atoms with van der Waals surface area (Å²) >= 11 is 0. The van der Waals surface area contributed by atoms with Gasteiger partial charge >= 0.3 is 0 Å². The van der Waals surface area contributed by atoms with Gasteiger partial charge in [0, 0.05) is 69.0 Å². The van der Waals surface area contributed by atoms with Crippen molar-refractivity contribution in [3.8, 4) is 0 Å². The SMILES string of the molecule is CC(C)(C)C(=O)CCC(=O)NCCCCC(C(=O)[O-])N(CCC(CC(=O)[O-])CC(=O)[O-])CCN(CC(=O)[O-])CC(=O)[O-]. The summed E-state index contributed by atoms with van der Waals surface area (Å²) in [5, 5.41) is 58.8. The van der Waals surface area contributed by atoms with Crippen molar-refractivity contribution in [3.63, 3.8) is 0 Å². The van der Waals surface area contributed by atoms with Gasteiger partial charge in [0.1, 0.15) is 5.78 Å². The summed E-state index contributed by atoms with van der Waals surface area (Å²) in [7, 11) is 0. The second-order valence-electron chi connectivity index (χ2n) is 11.2. The van der Waals surface area contributed by atoms with Crippen molar-refractivity contribution in [1.29, 1.82) is 0 Å². The maximum absolute atomic E-state index is 12.1. The van der Waals surface area contributed by atoms with Crippen LogP contribution in [-0.4, -0.2) is 96.6 Å². The molecule has 0 aliphatic carbocycles. The van der Waals surface area contributed by atoms with Crippen molar-refractivity contribution in [3.05, 3.63) is 0 Å². The van der Waals surface area contributed by atoms with E-state index in [1.165, 1.54) is 4.90 Å². The number of ketones is 1. The van der Waals surface area contributed by atoms with Crippen LogP contribution in [-0.2, 0) is 33.6 Å². The summed E-state index contributed by atoms with van der Waals surface area (Å²) in [5.74, 6) is -9.03. The number of Topliss-reactive ketones (excluding diaryl/α,β-unsaturated/α-hetero) is 1. The first-order chi connectivity index (χ1) is 19.4. The highest BCUT2D eigenvalue weighted by Gasteiger charge is 2.23. The number of rotatable bonds is 24. The molecule has 0 heterocycles. The molecule has 0 aromatic rings. The fourth-order valence-electron chi connectivity index (χ4n) is 4.20. The molecule has 0 aliphatic rings. The van der Waals surface area contributed by atoms with E-state index < -0.39 is 73.2 Å². The van der Waals surface area contributed by atoms with Gasteiger partial charge < -0.3 is 54.8 Å². The fourth-order valence-corrected chi connectivity index (χ4v) is 4.20. The molecule has 1 atom stereocenters. The van der Waals surface area contributed by atoms with Crippen molar-refractivity contribution in [1.82, 2.24) is 15.1 Å². The average molecular weight is 599 g/mol. The zero-order valence-electron chi connectivity index (χ0n) is 24.3. The van der Waals surface area contributed by atoms with Crippen molar-refractivity contribution in [2.45, 2.75) is 78.2 Å².